The van der Waals surface area contributed by atoms with Gasteiger partial charge in [0, 0.05) is 6.07 Å². The first kappa shape index (κ1) is 9.13. The fourth-order valence-electron chi connectivity index (χ4n) is 0.780. The number of aromatic nitrogens is 1. The van der Waals surface area contributed by atoms with Gasteiger partial charge in [-0.1, -0.05) is 11.6 Å². The van der Waals surface area contributed by atoms with Crippen LogP contribution in [0.2, 0.25) is 5.02 Å². The molecule has 12 heavy (non-hydrogen) atoms. The van der Waals surface area contributed by atoms with E-state index >= 15 is 0 Å². The Morgan fingerprint density at radius 2 is 2.25 bits per heavy atom. The summed E-state index contributed by atoms with van der Waals surface area (Å²) in [5.74, 6) is 0.995. The highest BCUT2D eigenvalue weighted by atomic mass is 35.5. The first-order valence-corrected chi connectivity index (χ1v) is 4.05. The summed E-state index contributed by atoms with van der Waals surface area (Å²) in [4.78, 5) is 3.81. The molecule has 1 aromatic rings. The molecule has 2 N–H and O–H groups in total. The van der Waals surface area contributed by atoms with E-state index in [0.717, 1.165) is 0 Å². The van der Waals surface area contributed by atoms with E-state index in [9.17, 15) is 0 Å². The molecule has 0 atom stereocenters. The number of nitrogens with two attached hydrogens (primary N) is 1. The maximum absolute atomic E-state index is 5.80. The molecule has 0 radical (unpaired) electrons. The van der Waals surface area contributed by atoms with Gasteiger partial charge in [0.1, 0.15) is 16.6 Å². The minimum Gasteiger partial charge on any atom is -0.489 e. The number of anilines is 1. The van der Waals surface area contributed by atoms with Gasteiger partial charge in [-0.2, -0.15) is 0 Å². The lowest BCUT2D eigenvalue weighted by Gasteiger charge is -2.10. The molecule has 4 heteroatoms. The van der Waals surface area contributed by atoms with Crippen molar-refractivity contribution >= 4 is 17.4 Å². The highest BCUT2D eigenvalue weighted by Gasteiger charge is 2.04. The van der Waals surface area contributed by atoms with Gasteiger partial charge in [-0.05, 0) is 13.8 Å². The molecule has 0 spiro atoms. The topological polar surface area (TPSA) is 48.1 Å². The van der Waals surface area contributed by atoms with E-state index in [1.54, 1.807) is 6.07 Å². The number of rotatable bonds is 2. The molecule has 3 nitrogen and oxygen atoms in total. The molecule has 0 aromatic carbocycles. The maximum Gasteiger partial charge on any atom is 0.143 e. The number of nitrogens with zero attached hydrogens (tertiary/aromatic N) is 1. The third kappa shape index (κ3) is 2.27. The number of hydrogen-bond donors (Lipinski definition) is 1. The Balaban J connectivity index is 2.90. The van der Waals surface area contributed by atoms with Gasteiger partial charge in [0.05, 0.1) is 12.3 Å². The molecule has 1 aromatic heterocycles. The van der Waals surface area contributed by atoms with Crippen LogP contribution < -0.4 is 10.5 Å². The third-order valence-electron chi connectivity index (χ3n) is 1.20. The molecule has 0 aliphatic heterocycles. The monoisotopic (exact) mass is 186 g/mol. The van der Waals surface area contributed by atoms with Crippen LogP contribution in [-0.2, 0) is 0 Å². The van der Waals surface area contributed by atoms with E-state index in [-0.39, 0.29) is 6.10 Å². The molecule has 0 saturated carbocycles. The largest absolute Gasteiger partial charge is 0.489 e. The van der Waals surface area contributed by atoms with Crippen molar-refractivity contribution in [3.05, 3.63) is 17.3 Å². The van der Waals surface area contributed by atoms with Gasteiger partial charge in [0.25, 0.3) is 0 Å². The fraction of sp³-hybridized carbons (Fsp3) is 0.375. The Bertz CT molecular complexity index is 276. The molecule has 0 fully saturated rings. The van der Waals surface area contributed by atoms with E-state index in [1.165, 1.54) is 6.20 Å². The van der Waals surface area contributed by atoms with Crippen LogP contribution in [0, 0.1) is 0 Å². The molecule has 0 unspecified atom stereocenters. The second-order valence-corrected chi connectivity index (χ2v) is 3.11. The lowest BCUT2D eigenvalue weighted by atomic mass is 10.4. The predicted octanol–water partition coefficient (Wildman–Crippen LogP) is 2.10. The maximum atomic E-state index is 5.80. The Kier molecular flexibility index (Phi) is 2.76. The van der Waals surface area contributed by atoms with E-state index in [4.69, 9.17) is 22.1 Å². The molecule has 0 aliphatic carbocycles. The molecule has 0 saturated heterocycles. The van der Waals surface area contributed by atoms with Crippen molar-refractivity contribution in [2.24, 2.45) is 0 Å². The smallest absolute Gasteiger partial charge is 0.143 e. The summed E-state index contributed by atoms with van der Waals surface area (Å²) in [5, 5.41) is 0.484. The number of hydrogen-bond acceptors (Lipinski definition) is 3. The lowest BCUT2D eigenvalue weighted by Crippen LogP contribution is -2.06. The predicted molar refractivity (Wildman–Crippen MR) is 49.4 cm³/mol. The highest BCUT2D eigenvalue weighted by Crippen LogP contribution is 2.25. The number of pyridine rings is 1. The molecular weight excluding hydrogens is 176 g/mol. The summed E-state index contributed by atoms with van der Waals surface area (Å²) in [6.45, 7) is 3.85. The standard InChI is InChI=1S/C8H11ClN2O/c1-5(2)12-7-3-8(10)11-4-6(7)9/h3-5H,1-2H3,(H2,10,11). The minimum atomic E-state index is 0.0873. The van der Waals surface area contributed by atoms with Crippen molar-refractivity contribution in [2.45, 2.75) is 20.0 Å². The normalized spacial score (nSPS) is 10.3. The van der Waals surface area contributed by atoms with Crippen LogP contribution in [0.1, 0.15) is 13.8 Å². The molecular formula is C8H11ClN2O. The molecule has 1 heterocycles. The van der Waals surface area contributed by atoms with Crippen LogP contribution >= 0.6 is 11.6 Å². The van der Waals surface area contributed by atoms with E-state index in [2.05, 4.69) is 4.98 Å². The van der Waals surface area contributed by atoms with Crippen LogP contribution in [0.5, 0.6) is 5.75 Å². The molecule has 1 rings (SSSR count). The summed E-state index contributed by atoms with van der Waals surface area (Å²) in [5.41, 5.74) is 5.45. The van der Waals surface area contributed by atoms with Crippen molar-refractivity contribution < 1.29 is 4.74 Å². The summed E-state index contributed by atoms with van der Waals surface area (Å²) in [6.07, 6.45) is 1.57. The quantitative estimate of drug-likeness (QED) is 0.770. The Labute approximate surface area is 76.5 Å². The zero-order chi connectivity index (χ0) is 9.14. The molecule has 0 aliphatic rings. The Hall–Kier alpha value is -0.960. The zero-order valence-electron chi connectivity index (χ0n) is 7.04. The van der Waals surface area contributed by atoms with E-state index in [0.29, 0.717) is 16.6 Å². The summed E-state index contributed by atoms with van der Waals surface area (Å²) >= 11 is 5.80. The van der Waals surface area contributed by atoms with Gasteiger partial charge >= 0.3 is 0 Å². The van der Waals surface area contributed by atoms with Crippen LogP contribution in [0.4, 0.5) is 5.82 Å². The summed E-state index contributed by atoms with van der Waals surface area (Å²) < 4.78 is 5.37. The first-order valence-electron chi connectivity index (χ1n) is 3.67. The molecule has 0 bridgehead atoms. The Morgan fingerprint density at radius 3 is 2.83 bits per heavy atom. The van der Waals surface area contributed by atoms with Gasteiger partial charge in [0.2, 0.25) is 0 Å². The van der Waals surface area contributed by atoms with Crippen LogP contribution in [0.3, 0.4) is 0 Å². The highest BCUT2D eigenvalue weighted by molar-refractivity contribution is 6.31. The first-order chi connectivity index (χ1) is 5.59. The van der Waals surface area contributed by atoms with Crippen LogP contribution in [0.15, 0.2) is 12.3 Å². The summed E-state index contributed by atoms with van der Waals surface area (Å²) in [6, 6.07) is 1.61. The Morgan fingerprint density at radius 1 is 1.58 bits per heavy atom. The third-order valence-corrected chi connectivity index (χ3v) is 1.49. The SMILES string of the molecule is CC(C)Oc1cc(N)ncc1Cl. The minimum absolute atomic E-state index is 0.0873. The summed E-state index contributed by atoms with van der Waals surface area (Å²) in [7, 11) is 0. The van der Waals surface area contributed by atoms with E-state index in [1.807, 2.05) is 13.8 Å². The number of ether oxygens (including phenoxy) is 1. The van der Waals surface area contributed by atoms with Gasteiger partial charge in [-0.3, -0.25) is 0 Å². The fourth-order valence-corrected chi connectivity index (χ4v) is 0.927. The molecule has 66 valence electrons. The van der Waals surface area contributed by atoms with Crippen molar-refractivity contribution in [2.75, 3.05) is 5.73 Å². The van der Waals surface area contributed by atoms with Crippen LogP contribution in [0.25, 0.3) is 0 Å². The van der Waals surface area contributed by atoms with Gasteiger partial charge in [-0.15, -0.1) is 0 Å². The van der Waals surface area contributed by atoms with Gasteiger partial charge in [-0.25, -0.2) is 4.98 Å². The number of halogens is 1. The van der Waals surface area contributed by atoms with Crippen LogP contribution in [-0.4, -0.2) is 11.1 Å². The second kappa shape index (κ2) is 3.63. The number of nitrogen functional groups attached to an aromatic ring is 1. The van der Waals surface area contributed by atoms with Gasteiger partial charge in [0.15, 0.2) is 0 Å². The zero-order valence-corrected chi connectivity index (χ0v) is 7.80. The van der Waals surface area contributed by atoms with Crippen molar-refractivity contribution in [1.29, 1.82) is 0 Å². The van der Waals surface area contributed by atoms with Crippen molar-refractivity contribution in [3.8, 4) is 5.75 Å². The second-order valence-electron chi connectivity index (χ2n) is 2.71. The van der Waals surface area contributed by atoms with E-state index < -0.39 is 0 Å². The average Bonchev–Trinajstić information content (AvgIpc) is 1.96. The van der Waals surface area contributed by atoms with Crippen molar-refractivity contribution in [1.82, 2.24) is 4.98 Å². The van der Waals surface area contributed by atoms with Gasteiger partial charge < -0.3 is 10.5 Å². The van der Waals surface area contributed by atoms with Crippen molar-refractivity contribution in [3.63, 3.8) is 0 Å². The lowest BCUT2D eigenvalue weighted by molar-refractivity contribution is 0.242. The molecule has 0 amide bonds. The average molecular weight is 187 g/mol.